The Labute approximate surface area is 120 Å². The molecule has 0 saturated heterocycles. The summed E-state index contributed by atoms with van der Waals surface area (Å²) in [5.74, 6) is 0. The van der Waals surface area contributed by atoms with E-state index < -0.39 is 0 Å². The summed E-state index contributed by atoms with van der Waals surface area (Å²) in [6.45, 7) is 0.873. The van der Waals surface area contributed by atoms with E-state index in [0.717, 1.165) is 12.2 Å². The molecule has 2 nitrogen and oxygen atoms in total. The van der Waals surface area contributed by atoms with Crippen molar-refractivity contribution < 1.29 is 0 Å². The molecule has 0 bridgehead atoms. The van der Waals surface area contributed by atoms with Crippen LogP contribution in [-0.2, 0) is 6.54 Å². The van der Waals surface area contributed by atoms with Crippen LogP contribution in [0.2, 0.25) is 0 Å². The first-order chi connectivity index (χ1) is 8.75. The predicted molar refractivity (Wildman–Crippen MR) is 83.1 cm³/mol. The molecule has 0 atom stereocenters. The van der Waals surface area contributed by atoms with E-state index in [0.29, 0.717) is 0 Å². The molecule has 2 aromatic rings. The molecular weight excluding hydrogens is 256 g/mol. The van der Waals surface area contributed by atoms with Crippen molar-refractivity contribution in [1.82, 2.24) is 4.90 Å². The maximum atomic E-state index is 6.09. The summed E-state index contributed by atoms with van der Waals surface area (Å²) in [6, 6.07) is 16.6. The Kier molecular flexibility index (Phi) is 3.82. The van der Waals surface area contributed by atoms with E-state index in [9.17, 15) is 0 Å². The standard InChI is InChI=1S/C16H16N2.ClH/c1-18-10-14(12-6-3-2-4-7-12)13-8-5-9-16(17)15(13)11-18;/h2-10H,11,17H2,1H3;1H. The van der Waals surface area contributed by atoms with Gasteiger partial charge >= 0.3 is 0 Å². The average Bonchev–Trinajstić information content (AvgIpc) is 2.40. The Morgan fingerprint density at radius 3 is 2.47 bits per heavy atom. The molecule has 19 heavy (non-hydrogen) atoms. The minimum atomic E-state index is 0. The number of fused-ring (bicyclic) bond motifs is 1. The van der Waals surface area contributed by atoms with Gasteiger partial charge in [-0.1, -0.05) is 42.5 Å². The Bertz CT molecular complexity index is 605. The zero-order chi connectivity index (χ0) is 12.5. The largest absolute Gasteiger partial charge is 0.398 e. The fraction of sp³-hybridized carbons (Fsp3) is 0.125. The van der Waals surface area contributed by atoms with E-state index >= 15 is 0 Å². The number of rotatable bonds is 1. The quantitative estimate of drug-likeness (QED) is 0.805. The third kappa shape index (κ3) is 2.45. The fourth-order valence-electron chi connectivity index (χ4n) is 2.47. The van der Waals surface area contributed by atoms with Gasteiger partial charge in [0.2, 0.25) is 0 Å². The van der Waals surface area contributed by atoms with E-state index in [1.165, 1.54) is 22.3 Å². The molecule has 98 valence electrons. The van der Waals surface area contributed by atoms with Crippen LogP contribution in [0.25, 0.3) is 5.57 Å². The first kappa shape index (κ1) is 13.5. The topological polar surface area (TPSA) is 29.3 Å². The average molecular weight is 273 g/mol. The number of halogens is 1. The second-order valence-electron chi connectivity index (χ2n) is 4.70. The van der Waals surface area contributed by atoms with Crippen LogP contribution in [0.3, 0.4) is 0 Å². The molecule has 1 aliphatic rings. The molecule has 2 aromatic carbocycles. The van der Waals surface area contributed by atoms with Gasteiger partial charge in [-0.15, -0.1) is 12.4 Å². The van der Waals surface area contributed by atoms with Gasteiger partial charge in [0, 0.05) is 36.6 Å². The highest BCUT2D eigenvalue weighted by molar-refractivity contribution is 5.85. The lowest BCUT2D eigenvalue weighted by Gasteiger charge is -2.27. The molecule has 1 aliphatic heterocycles. The van der Waals surface area contributed by atoms with Gasteiger partial charge in [0.25, 0.3) is 0 Å². The van der Waals surface area contributed by atoms with Crippen molar-refractivity contribution in [3.8, 4) is 0 Å². The lowest BCUT2D eigenvalue weighted by Crippen LogP contribution is -2.18. The molecule has 3 rings (SSSR count). The summed E-state index contributed by atoms with van der Waals surface area (Å²) in [5, 5.41) is 0. The second-order valence-corrected chi connectivity index (χ2v) is 4.70. The van der Waals surface area contributed by atoms with E-state index in [1.807, 2.05) is 18.2 Å². The van der Waals surface area contributed by atoms with Gasteiger partial charge in [0.1, 0.15) is 0 Å². The molecule has 0 unspecified atom stereocenters. The number of hydrogen-bond acceptors (Lipinski definition) is 2. The summed E-state index contributed by atoms with van der Waals surface area (Å²) < 4.78 is 0. The van der Waals surface area contributed by atoms with E-state index in [4.69, 9.17) is 5.73 Å². The fourth-order valence-corrected chi connectivity index (χ4v) is 2.47. The van der Waals surface area contributed by atoms with Gasteiger partial charge in [0.15, 0.2) is 0 Å². The van der Waals surface area contributed by atoms with Crippen molar-refractivity contribution in [3.05, 3.63) is 71.4 Å². The first-order valence-corrected chi connectivity index (χ1v) is 6.11. The molecule has 0 radical (unpaired) electrons. The highest BCUT2D eigenvalue weighted by atomic mass is 35.5. The molecule has 0 saturated carbocycles. The highest BCUT2D eigenvalue weighted by Gasteiger charge is 2.18. The number of nitrogens with zero attached hydrogens (tertiary/aromatic N) is 1. The summed E-state index contributed by atoms with van der Waals surface area (Å²) in [5.41, 5.74) is 11.9. The predicted octanol–water partition coefficient (Wildman–Crippen LogP) is 3.53. The smallest absolute Gasteiger partial charge is 0.0447 e. The van der Waals surface area contributed by atoms with Crippen LogP contribution in [-0.4, -0.2) is 11.9 Å². The van der Waals surface area contributed by atoms with Gasteiger partial charge in [-0.25, -0.2) is 0 Å². The zero-order valence-electron chi connectivity index (χ0n) is 10.8. The minimum Gasteiger partial charge on any atom is -0.398 e. The van der Waals surface area contributed by atoms with Crippen LogP contribution in [0, 0.1) is 0 Å². The molecule has 0 aromatic heterocycles. The third-order valence-corrected chi connectivity index (χ3v) is 3.34. The number of nitrogen functional groups attached to an aromatic ring is 1. The van der Waals surface area contributed by atoms with Crippen LogP contribution >= 0.6 is 12.4 Å². The van der Waals surface area contributed by atoms with Crippen LogP contribution in [0.15, 0.2) is 54.7 Å². The van der Waals surface area contributed by atoms with Gasteiger partial charge in [-0.3, -0.25) is 0 Å². The number of anilines is 1. The Morgan fingerprint density at radius 1 is 1.00 bits per heavy atom. The molecule has 2 N–H and O–H groups in total. The second kappa shape index (κ2) is 5.37. The molecule has 1 heterocycles. The lowest BCUT2D eigenvalue weighted by molar-refractivity contribution is 0.446. The van der Waals surface area contributed by atoms with E-state index in [1.54, 1.807) is 0 Å². The van der Waals surface area contributed by atoms with Crippen molar-refractivity contribution in [1.29, 1.82) is 0 Å². The van der Waals surface area contributed by atoms with Crippen LogP contribution < -0.4 is 5.73 Å². The summed E-state index contributed by atoms with van der Waals surface area (Å²) in [7, 11) is 2.08. The first-order valence-electron chi connectivity index (χ1n) is 6.11. The van der Waals surface area contributed by atoms with E-state index in [-0.39, 0.29) is 12.4 Å². The molecule has 0 spiro atoms. The molecular formula is C16H17ClN2. The van der Waals surface area contributed by atoms with Crippen molar-refractivity contribution in [2.45, 2.75) is 6.54 Å². The highest BCUT2D eigenvalue weighted by Crippen LogP contribution is 2.33. The molecule has 3 heteroatoms. The lowest BCUT2D eigenvalue weighted by atomic mass is 9.91. The van der Waals surface area contributed by atoms with Crippen molar-refractivity contribution >= 4 is 23.7 Å². The summed E-state index contributed by atoms with van der Waals surface area (Å²) in [4.78, 5) is 2.18. The van der Waals surface area contributed by atoms with Crippen molar-refractivity contribution in [2.24, 2.45) is 0 Å². The Balaban J connectivity index is 0.00000133. The summed E-state index contributed by atoms with van der Waals surface area (Å²) in [6.07, 6.45) is 2.19. The number of hydrogen-bond donors (Lipinski definition) is 1. The number of benzene rings is 2. The third-order valence-electron chi connectivity index (χ3n) is 3.34. The van der Waals surface area contributed by atoms with Crippen molar-refractivity contribution in [2.75, 3.05) is 12.8 Å². The maximum Gasteiger partial charge on any atom is 0.0447 e. The SMILES string of the molecule is CN1C=C(c2ccccc2)c2cccc(N)c2C1.Cl. The monoisotopic (exact) mass is 272 g/mol. The Hall–Kier alpha value is -1.93. The molecule has 0 amide bonds. The van der Waals surface area contributed by atoms with Crippen LogP contribution in [0.1, 0.15) is 16.7 Å². The Morgan fingerprint density at radius 2 is 1.74 bits per heavy atom. The normalized spacial score (nSPS) is 13.3. The number of nitrogens with two attached hydrogens (primary N) is 1. The van der Waals surface area contributed by atoms with Gasteiger partial charge < -0.3 is 10.6 Å². The van der Waals surface area contributed by atoms with Crippen molar-refractivity contribution in [3.63, 3.8) is 0 Å². The van der Waals surface area contributed by atoms with E-state index in [2.05, 4.69) is 48.5 Å². The molecule has 0 aliphatic carbocycles. The maximum absolute atomic E-state index is 6.09. The summed E-state index contributed by atoms with van der Waals surface area (Å²) >= 11 is 0. The van der Waals surface area contributed by atoms with Crippen LogP contribution in [0.4, 0.5) is 5.69 Å². The van der Waals surface area contributed by atoms with Gasteiger partial charge in [-0.2, -0.15) is 0 Å². The molecule has 0 fully saturated rings. The minimum absolute atomic E-state index is 0. The van der Waals surface area contributed by atoms with Gasteiger partial charge in [-0.05, 0) is 17.2 Å². The van der Waals surface area contributed by atoms with Crippen LogP contribution in [0.5, 0.6) is 0 Å². The zero-order valence-corrected chi connectivity index (χ0v) is 11.7. The van der Waals surface area contributed by atoms with Gasteiger partial charge in [0.05, 0.1) is 0 Å².